The van der Waals surface area contributed by atoms with Crippen LogP contribution in [0.1, 0.15) is 21.5 Å². The van der Waals surface area contributed by atoms with Crippen LogP contribution in [-0.2, 0) is 0 Å². The van der Waals surface area contributed by atoms with Gasteiger partial charge in [0.2, 0.25) is 0 Å². The van der Waals surface area contributed by atoms with E-state index in [0.717, 1.165) is 4.90 Å². The van der Waals surface area contributed by atoms with Crippen LogP contribution in [0, 0.1) is 12.7 Å². The number of ketones is 1. The van der Waals surface area contributed by atoms with Crippen LogP contribution in [-0.4, -0.2) is 12.0 Å². The molecule has 2 rings (SSSR count). The summed E-state index contributed by atoms with van der Waals surface area (Å²) in [6.07, 6.45) is 1.92. The lowest BCUT2D eigenvalue weighted by atomic mass is 10.0. The first kappa shape index (κ1) is 12.8. The summed E-state index contributed by atoms with van der Waals surface area (Å²) in [4.78, 5) is 13.2. The van der Waals surface area contributed by atoms with Gasteiger partial charge in [-0.25, -0.2) is 4.39 Å². The molecular formula is C15H13FOS. The van der Waals surface area contributed by atoms with Crippen molar-refractivity contribution in [3.05, 3.63) is 65.0 Å². The molecule has 0 aliphatic heterocycles. The molecule has 0 unspecified atom stereocenters. The van der Waals surface area contributed by atoms with Crippen LogP contribution >= 0.6 is 11.8 Å². The van der Waals surface area contributed by atoms with E-state index in [1.54, 1.807) is 25.1 Å². The standard InChI is InChI=1S/C15H13FOS/c1-10-7-8-11(9-13(10)16)15(17)12-5-3-4-6-14(12)18-2/h3-9H,1-2H3. The van der Waals surface area contributed by atoms with Gasteiger partial charge in [0.05, 0.1) is 0 Å². The van der Waals surface area contributed by atoms with E-state index in [1.165, 1.54) is 17.8 Å². The van der Waals surface area contributed by atoms with Gasteiger partial charge >= 0.3 is 0 Å². The highest BCUT2D eigenvalue weighted by Gasteiger charge is 2.13. The second-order valence-corrected chi connectivity index (χ2v) is 4.84. The van der Waals surface area contributed by atoms with E-state index in [0.29, 0.717) is 16.7 Å². The van der Waals surface area contributed by atoms with Crippen molar-refractivity contribution in [2.45, 2.75) is 11.8 Å². The maximum Gasteiger partial charge on any atom is 0.194 e. The molecule has 3 heteroatoms. The average Bonchev–Trinajstić information content (AvgIpc) is 2.41. The zero-order chi connectivity index (χ0) is 13.1. The molecule has 0 saturated carbocycles. The van der Waals surface area contributed by atoms with Crippen molar-refractivity contribution in [1.29, 1.82) is 0 Å². The minimum atomic E-state index is -0.345. The smallest absolute Gasteiger partial charge is 0.194 e. The highest BCUT2D eigenvalue weighted by molar-refractivity contribution is 7.98. The van der Waals surface area contributed by atoms with Crippen molar-refractivity contribution in [1.82, 2.24) is 0 Å². The topological polar surface area (TPSA) is 17.1 Å². The maximum atomic E-state index is 13.5. The molecule has 92 valence electrons. The lowest BCUT2D eigenvalue weighted by molar-refractivity contribution is 0.103. The van der Waals surface area contributed by atoms with Crippen molar-refractivity contribution >= 4 is 17.5 Å². The van der Waals surface area contributed by atoms with Crippen molar-refractivity contribution in [3.8, 4) is 0 Å². The fourth-order valence-electron chi connectivity index (χ4n) is 1.72. The van der Waals surface area contributed by atoms with Crippen LogP contribution in [0.15, 0.2) is 47.4 Å². The summed E-state index contributed by atoms with van der Waals surface area (Å²) in [6, 6.07) is 12.0. The molecule has 0 aliphatic rings. The second kappa shape index (κ2) is 5.36. The van der Waals surface area contributed by atoms with Gasteiger partial charge in [-0.15, -0.1) is 11.8 Å². The third-order valence-electron chi connectivity index (χ3n) is 2.79. The highest BCUT2D eigenvalue weighted by atomic mass is 32.2. The summed E-state index contributed by atoms with van der Waals surface area (Å²) in [7, 11) is 0. The summed E-state index contributed by atoms with van der Waals surface area (Å²) < 4.78 is 13.5. The predicted molar refractivity (Wildman–Crippen MR) is 72.8 cm³/mol. The van der Waals surface area contributed by atoms with E-state index in [4.69, 9.17) is 0 Å². The first-order valence-corrected chi connectivity index (χ1v) is 6.80. The molecule has 0 bridgehead atoms. The Morgan fingerprint density at radius 1 is 1.17 bits per heavy atom. The Labute approximate surface area is 110 Å². The van der Waals surface area contributed by atoms with Gasteiger partial charge in [-0.1, -0.05) is 24.3 Å². The van der Waals surface area contributed by atoms with Gasteiger partial charge < -0.3 is 0 Å². The first-order valence-electron chi connectivity index (χ1n) is 5.57. The Bertz CT molecular complexity index is 593. The summed E-state index contributed by atoms with van der Waals surface area (Å²) >= 11 is 1.51. The first-order chi connectivity index (χ1) is 8.63. The molecule has 2 aromatic rings. The highest BCUT2D eigenvalue weighted by Crippen LogP contribution is 2.23. The Balaban J connectivity index is 2.44. The largest absolute Gasteiger partial charge is 0.289 e. The molecule has 0 spiro atoms. The normalized spacial score (nSPS) is 10.4. The van der Waals surface area contributed by atoms with E-state index in [-0.39, 0.29) is 11.6 Å². The van der Waals surface area contributed by atoms with Gasteiger partial charge in [-0.3, -0.25) is 4.79 Å². The van der Waals surface area contributed by atoms with Crippen LogP contribution in [0.3, 0.4) is 0 Å². The van der Waals surface area contributed by atoms with Crippen molar-refractivity contribution in [2.75, 3.05) is 6.26 Å². The van der Waals surface area contributed by atoms with Gasteiger partial charge in [0.25, 0.3) is 0 Å². The monoisotopic (exact) mass is 260 g/mol. The summed E-state index contributed by atoms with van der Waals surface area (Å²) in [5.74, 6) is -0.485. The minimum absolute atomic E-state index is 0.140. The third-order valence-corrected chi connectivity index (χ3v) is 3.58. The molecule has 0 atom stereocenters. The number of rotatable bonds is 3. The minimum Gasteiger partial charge on any atom is -0.289 e. The molecule has 2 aromatic carbocycles. The van der Waals surface area contributed by atoms with Crippen molar-refractivity contribution in [2.24, 2.45) is 0 Å². The van der Waals surface area contributed by atoms with Crippen LogP contribution in [0.4, 0.5) is 4.39 Å². The maximum absolute atomic E-state index is 13.5. The van der Waals surface area contributed by atoms with E-state index < -0.39 is 0 Å². The lowest BCUT2D eigenvalue weighted by Crippen LogP contribution is -2.03. The molecule has 0 saturated heterocycles. The summed E-state index contributed by atoms with van der Waals surface area (Å²) in [6.45, 7) is 1.68. The predicted octanol–water partition coefficient (Wildman–Crippen LogP) is 4.09. The SMILES string of the molecule is CSc1ccccc1C(=O)c1ccc(C)c(F)c1. The molecule has 1 nitrogen and oxygen atoms in total. The zero-order valence-corrected chi connectivity index (χ0v) is 11.1. The average molecular weight is 260 g/mol. The third kappa shape index (κ3) is 2.46. The van der Waals surface area contributed by atoms with Crippen LogP contribution in [0.2, 0.25) is 0 Å². The Morgan fingerprint density at radius 3 is 2.56 bits per heavy atom. The van der Waals surface area contributed by atoms with E-state index in [9.17, 15) is 9.18 Å². The van der Waals surface area contributed by atoms with Gasteiger partial charge in [0.15, 0.2) is 5.78 Å². The number of benzene rings is 2. The molecule has 0 heterocycles. The van der Waals surface area contributed by atoms with Crippen LogP contribution in [0.5, 0.6) is 0 Å². The molecule has 0 radical (unpaired) electrons. The number of carbonyl (C=O) groups is 1. The number of carbonyl (C=O) groups excluding carboxylic acids is 1. The zero-order valence-electron chi connectivity index (χ0n) is 10.2. The number of halogens is 1. The molecule has 0 aromatic heterocycles. The lowest BCUT2D eigenvalue weighted by Gasteiger charge is -2.07. The van der Waals surface area contributed by atoms with Gasteiger partial charge in [0, 0.05) is 16.0 Å². The molecular weight excluding hydrogens is 247 g/mol. The van der Waals surface area contributed by atoms with E-state index in [1.807, 2.05) is 24.5 Å². The Hall–Kier alpha value is -1.61. The second-order valence-electron chi connectivity index (χ2n) is 3.99. The molecule has 0 aliphatic carbocycles. The fourth-order valence-corrected chi connectivity index (χ4v) is 2.32. The number of aryl methyl sites for hydroxylation is 1. The van der Waals surface area contributed by atoms with Crippen molar-refractivity contribution < 1.29 is 9.18 Å². The summed E-state index contributed by atoms with van der Waals surface area (Å²) in [5.41, 5.74) is 1.55. The van der Waals surface area contributed by atoms with Crippen LogP contribution in [0.25, 0.3) is 0 Å². The fraction of sp³-hybridized carbons (Fsp3) is 0.133. The van der Waals surface area contributed by atoms with Gasteiger partial charge in [-0.05, 0) is 36.9 Å². The van der Waals surface area contributed by atoms with Gasteiger partial charge in [-0.2, -0.15) is 0 Å². The van der Waals surface area contributed by atoms with E-state index >= 15 is 0 Å². The number of hydrogen-bond acceptors (Lipinski definition) is 2. The molecule has 0 N–H and O–H groups in total. The Morgan fingerprint density at radius 2 is 1.89 bits per heavy atom. The van der Waals surface area contributed by atoms with Gasteiger partial charge in [0.1, 0.15) is 5.82 Å². The van der Waals surface area contributed by atoms with Crippen LogP contribution < -0.4 is 0 Å². The van der Waals surface area contributed by atoms with E-state index in [2.05, 4.69) is 0 Å². The quantitative estimate of drug-likeness (QED) is 0.611. The number of thioether (sulfide) groups is 1. The molecule has 0 amide bonds. The van der Waals surface area contributed by atoms with Crippen molar-refractivity contribution in [3.63, 3.8) is 0 Å². The number of hydrogen-bond donors (Lipinski definition) is 0. The Kier molecular flexibility index (Phi) is 3.82. The molecule has 18 heavy (non-hydrogen) atoms. The molecule has 0 fully saturated rings. The summed E-state index contributed by atoms with van der Waals surface area (Å²) in [5, 5.41) is 0.